The van der Waals surface area contributed by atoms with E-state index in [9.17, 15) is 0 Å². The van der Waals surface area contributed by atoms with Crippen LogP contribution < -0.4 is 0 Å². The average Bonchev–Trinajstić information content (AvgIpc) is 2.47. The molecular formula is C15H17BrN2O. The second kappa shape index (κ2) is 5.99. The van der Waals surface area contributed by atoms with Crippen molar-refractivity contribution >= 4 is 26.8 Å². The van der Waals surface area contributed by atoms with Gasteiger partial charge in [-0.2, -0.15) is 0 Å². The predicted octanol–water partition coefficient (Wildman–Crippen LogP) is 2.83. The molecule has 1 aromatic carbocycles. The highest BCUT2D eigenvalue weighted by atomic mass is 79.9. The quantitative estimate of drug-likeness (QED) is 0.813. The van der Waals surface area contributed by atoms with E-state index in [-0.39, 0.29) is 0 Å². The van der Waals surface area contributed by atoms with E-state index in [1.165, 1.54) is 5.39 Å². The zero-order valence-corrected chi connectivity index (χ0v) is 12.3. The fraction of sp³-hybridized carbons (Fsp3) is 0.400. The summed E-state index contributed by atoms with van der Waals surface area (Å²) in [4.78, 5) is 7.14. The SMILES string of the molecule is BrCC1CN(Cc2ccc3ccccc3n2)CCO1. The predicted molar refractivity (Wildman–Crippen MR) is 80.6 cm³/mol. The molecule has 2 aromatic rings. The van der Waals surface area contributed by atoms with Crippen molar-refractivity contribution < 1.29 is 4.74 Å². The van der Waals surface area contributed by atoms with Crippen LogP contribution in [0.25, 0.3) is 10.9 Å². The van der Waals surface area contributed by atoms with Crippen molar-refractivity contribution in [1.82, 2.24) is 9.88 Å². The van der Waals surface area contributed by atoms with Crippen LogP contribution >= 0.6 is 15.9 Å². The lowest BCUT2D eigenvalue weighted by Gasteiger charge is -2.31. The van der Waals surface area contributed by atoms with Crippen LogP contribution in [-0.2, 0) is 11.3 Å². The molecule has 1 aliphatic heterocycles. The fourth-order valence-corrected chi connectivity index (χ4v) is 2.83. The second-order valence-electron chi connectivity index (χ2n) is 4.88. The Bertz CT molecular complexity index is 561. The van der Waals surface area contributed by atoms with E-state index in [2.05, 4.69) is 45.1 Å². The lowest BCUT2D eigenvalue weighted by atomic mass is 10.2. The summed E-state index contributed by atoms with van der Waals surface area (Å²) in [7, 11) is 0. The monoisotopic (exact) mass is 320 g/mol. The maximum atomic E-state index is 5.66. The van der Waals surface area contributed by atoms with Crippen LogP contribution in [0, 0.1) is 0 Å². The molecule has 3 nitrogen and oxygen atoms in total. The summed E-state index contributed by atoms with van der Waals surface area (Å²) in [6, 6.07) is 12.5. The van der Waals surface area contributed by atoms with Crippen molar-refractivity contribution in [1.29, 1.82) is 0 Å². The standard InChI is InChI=1S/C15H17BrN2O/c16-9-14-11-18(7-8-19-14)10-13-6-5-12-3-1-2-4-15(12)17-13/h1-6,14H,7-11H2. The molecule has 0 saturated carbocycles. The van der Waals surface area contributed by atoms with Crippen LogP contribution in [0.2, 0.25) is 0 Å². The first-order valence-corrected chi connectivity index (χ1v) is 7.72. The summed E-state index contributed by atoms with van der Waals surface area (Å²) >= 11 is 3.49. The molecule has 0 amide bonds. The van der Waals surface area contributed by atoms with E-state index in [1.54, 1.807) is 0 Å². The number of hydrogen-bond acceptors (Lipinski definition) is 3. The molecule has 19 heavy (non-hydrogen) atoms. The highest BCUT2D eigenvalue weighted by Gasteiger charge is 2.19. The lowest BCUT2D eigenvalue weighted by Crippen LogP contribution is -2.42. The molecule has 1 aromatic heterocycles. The van der Waals surface area contributed by atoms with E-state index in [1.807, 2.05) is 12.1 Å². The summed E-state index contributed by atoms with van der Waals surface area (Å²) in [5.41, 5.74) is 2.21. The molecule has 3 rings (SSSR count). The molecule has 0 radical (unpaired) electrons. The smallest absolute Gasteiger partial charge is 0.0799 e. The first-order chi connectivity index (χ1) is 9.35. The lowest BCUT2D eigenvalue weighted by molar-refractivity contribution is -0.0184. The van der Waals surface area contributed by atoms with Crippen molar-refractivity contribution in [3.8, 4) is 0 Å². The number of nitrogens with zero attached hydrogens (tertiary/aromatic N) is 2. The summed E-state index contributed by atoms with van der Waals surface area (Å²) in [5, 5.41) is 2.10. The third-order valence-corrected chi connectivity index (χ3v) is 4.16. The van der Waals surface area contributed by atoms with Gasteiger partial charge in [-0.15, -0.1) is 0 Å². The number of benzene rings is 1. The second-order valence-corrected chi connectivity index (χ2v) is 5.52. The number of rotatable bonds is 3. The first kappa shape index (κ1) is 13.0. The normalized spacial score (nSPS) is 20.8. The fourth-order valence-electron chi connectivity index (χ4n) is 2.44. The Balaban J connectivity index is 1.74. The molecule has 0 bridgehead atoms. The summed E-state index contributed by atoms with van der Waals surface area (Å²) < 4.78 is 5.66. The van der Waals surface area contributed by atoms with Crippen LogP contribution in [-0.4, -0.2) is 41.0 Å². The molecule has 1 saturated heterocycles. The van der Waals surface area contributed by atoms with Gasteiger partial charge < -0.3 is 4.74 Å². The highest BCUT2D eigenvalue weighted by molar-refractivity contribution is 9.09. The van der Waals surface area contributed by atoms with Gasteiger partial charge in [-0.1, -0.05) is 40.2 Å². The Morgan fingerprint density at radius 2 is 2.16 bits per heavy atom. The number of morpholine rings is 1. The molecule has 1 unspecified atom stereocenters. The van der Waals surface area contributed by atoms with E-state index in [0.29, 0.717) is 6.10 Å². The van der Waals surface area contributed by atoms with Crippen LogP contribution in [0.4, 0.5) is 0 Å². The number of alkyl halides is 1. The van der Waals surface area contributed by atoms with E-state index >= 15 is 0 Å². The number of pyridine rings is 1. The zero-order valence-electron chi connectivity index (χ0n) is 10.8. The maximum Gasteiger partial charge on any atom is 0.0799 e. The van der Waals surface area contributed by atoms with E-state index in [4.69, 9.17) is 9.72 Å². The zero-order chi connectivity index (χ0) is 13.1. The molecule has 1 aliphatic rings. The van der Waals surface area contributed by atoms with Crippen LogP contribution in [0.3, 0.4) is 0 Å². The Morgan fingerprint density at radius 3 is 3.05 bits per heavy atom. The number of hydrogen-bond donors (Lipinski definition) is 0. The summed E-state index contributed by atoms with van der Waals surface area (Å²) in [6.07, 6.45) is 0.300. The van der Waals surface area contributed by atoms with Gasteiger partial charge in [-0.05, 0) is 12.1 Å². The Morgan fingerprint density at radius 1 is 1.26 bits per heavy atom. The Kier molecular flexibility index (Phi) is 4.11. The molecule has 0 aliphatic carbocycles. The summed E-state index contributed by atoms with van der Waals surface area (Å²) in [5.74, 6) is 0. The highest BCUT2D eigenvalue weighted by Crippen LogP contribution is 2.15. The number of fused-ring (bicyclic) bond motifs is 1. The molecule has 1 atom stereocenters. The van der Waals surface area contributed by atoms with Crippen molar-refractivity contribution in [3.05, 3.63) is 42.1 Å². The first-order valence-electron chi connectivity index (χ1n) is 6.60. The summed E-state index contributed by atoms with van der Waals surface area (Å²) in [6.45, 7) is 3.67. The van der Waals surface area contributed by atoms with Crippen molar-refractivity contribution in [2.75, 3.05) is 25.0 Å². The minimum atomic E-state index is 0.300. The van der Waals surface area contributed by atoms with Crippen LogP contribution in [0.15, 0.2) is 36.4 Å². The maximum absolute atomic E-state index is 5.66. The van der Waals surface area contributed by atoms with Gasteiger partial charge in [-0.3, -0.25) is 9.88 Å². The van der Waals surface area contributed by atoms with Gasteiger partial charge in [0.15, 0.2) is 0 Å². The van der Waals surface area contributed by atoms with Gasteiger partial charge in [-0.25, -0.2) is 0 Å². The molecule has 0 spiro atoms. The van der Waals surface area contributed by atoms with Crippen molar-refractivity contribution in [2.24, 2.45) is 0 Å². The largest absolute Gasteiger partial charge is 0.375 e. The Hall–Kier alpha value is -0.970. The number of para-hydroxylation sites is 1. The Labute approximate surface area is 121 Å². The van der Waals surface area contributed by atoms with Gasteiger partial charge in [0.25, 0.3) is 0 Å². The van der Waals surface area contributed by atoms with Crippen molar-refractivity contribution in [2.45, 2.75) is 12.6 Å². The van der Waals surface area contributed by atoms with Gasteiger partial charge in [0, 0.05) is 30.4 Å². The minimum Gasteiger partial charge on any atom is -0.375 e. The molecule has 0 N–H and O–H groups in total. The molecule has 4 heteroatoms. The van der Waals surface area contributed by atoms with Gasteiger partial charge in [0.2, 0.25) is 0 Å². The average molecular weight is 321 g/mol. The number of aromatic nitrogens is 1. The molecule has 2 heterocycles. The van der Waals surface area contributed by atoms with Crippen LogP contribution in [0.1, 0.15) is 5.69 Å². The number of ether oxygens (including phenoxy) is 1. The third kappa shape index (κ3) is 3.14. The molecule has 100 valence electrons. The van der Waals surface area contributed by atoms with Gasteiger partial charge in [0.05, 0.1) is 23.9 Å². The van der Waals surface area contributed by atoms with Crippen molar-refractivity contribution in [3.63, 3.8) is 0 Å². The van der Waals surface area contributed by atoms with Gasteiger partial charge in [0.1, 0.15) is 0 Å². The van der Waals surface area contributed by atoms with E-state index < -0.39 is 0 Å². The molecule has 1 fully saturated rings. The van der Waals surface area contributed by atoms with Crippen LogP contribution in [0.5, 0.6) is 0 Å². The topological polar surface area (TPSA) is 25.4 Å². The number of halogens is 1. The molecular weight excluding hydrogens is 304 g/mol. The van der Waals surface area contributed by atoms with E-state index in [0.717, 1.165) is 42.8 Å². The third-order valence-electron chi connectivity index (χ3n) is 3.44. The van der Waals surface area contributed by atoms with Gasteiger partial charge >= 0.3 is 0 Å². The minimum absolute atomic E-state index is 0.300.